The third-order valence-electron chi connectivity index (χ3n) is 26.7. The fraction of sp³-hybridized carbons (Fsp3) is 0. The van der Waals surface area contributed by atoms with Crippen LogP contribution >= 0.6 is 0 Å². The van der Waals surface area contributed by atoms with Crippen LogP contribution in [-0.4, -0.2) is 33.6 Å². The van der Waals surface area contributed by atoms with E-state index in [0.29, 0.717) is 5.82 Å². The first kappa shape index (κ1) is 79.2. The van der Waals surface area contributed by atoms with E-state index in [2.05, 4.69) is 463 Å². The molecule has 0 aliphatic carbocycles. The first-order valence-corrected chi connectivity index (χ1v) is 46.0. The number of pyridine rings is 2. The van der Waals surface area contributed by atoms with Gasteiger partial charge in [-0.3, -0.25) is 0 Å². The summed E-state index contributed by atoms with van der Waals surface area (Å²) in [5, 5.41) is 15.7. The third kappa shape index (κ3) is 14.6. The molecule has 0 amide bonds. The second-order valence-electron chi connectivity index (χ2n) is 34.7. The quantitative estimate of drug-likeness (QED) is 0.0960. The van der Waals surface area contributed by atoms with E-state index in [1.807, 2.05) is 54.6 Å². The van der Waals surface area contributed by atoms with Gasteiger partial charge in [0.2, 0.25) is 0 Å². The molecule has 6 aromatic heterocycles. The molecule has 135 heavy (non-hydrogen) atoms. The lowest BCUT2D eigenvalue weighted by atomic mass is 9.97. The Balaban J connectivity index is 0.000000108. The Morgan fingerprint density at radius 1 is 0.119 bits per heavy atom. The number of nitrogens with zero attached hydrogens (tertiary/aromatic N) is 7. The van der Waals surface area contributed by atoms with Crippen molar-refractivity contribution < 1.29 is 0 Å². The lowest BCUT2D eigenvalue weighted by Crippen LogP contribution is -1.96. The van der Waals surface area contributed by atoms with Crippen LogP contribution in [0, 0.1) is 0 Å². The van der Waals surface area contributed by atoms with Crippen molar-refractivity contribution in [3.8, 4) is 152 Å². The van der Waals surface area contributed by atoms with Crippen LogP contribution in [0.25, 0.3) is 249 Å². The fourth-order valence-corrected chi connectivity index (χ4v) is 20.1. The topological polar surface area (TPSA) is 66.3 Å². The maximum Gasteiger partial charge on any atom is 0.160 e. The zero-order valence-electron chi connectivity index (χ0n) is 73.6. The first-order valence-electron chi connectivity index (χ1n) is 46.0. The molecule has 27 rings (SSSR count). The summed E-state index contributed by atoms with van der Waals surface area (Å²) >= 11 is 0. The van der Waals surface area contributed by atoms with E-state index >= 15 is 0 Å². The summed E-state index contributed by atoms with van der Waals surface area (Å²) < 4.78 is 7.18. The Morgan fingerprint density at radius 3 is 0.533 bits per heavy atom. The number of benzene rings is 21. The molecular weight excluding hydrogens is 1640 g/mol. The molecule has 0 bridgehead atoms. The van der Waals surface area contributed by atoms with Crippen LogP contribution in [0.15, 0.2) is 504 Å². The average Bonchev–Trinajstić information content (AvgIpc) is 1.57. The molecule has 0 atom stereocenters. The van der Waals surface area contributed by atoms with Gasteiger partial charge in [0.25, 0.3) is 0 Å². The van der Waals surface area contributed by atoms with Crippen LogP contribution in [0.4, 0.5) is 0 Å². The van der Waals surface area contributed by atoms with Gasteiger partial charge < -0.3 is 13.7 Å². The van der Waals surface area contributed by atoms with Gasteiger partial charge in [-0.25, -0.2) is 19.9 Å². The van der Waals surface area contributed by atoms with Gasteiger partial charge in [-0.2, -0.15) is 0 Å². The molecule has 0 saturated heterocycles. The summed E-state index contributed by atoms with van der Waals surface area (Å²) in [5.74, 6) is 0.717. The molecular formula is C128H83N7. The molecule has 0 unspecified atom stereocenters. The molecule has 6 heterocycles. The van der Waals surface area contributed by atoms with Crippen LogP contribution in [-0.2, 0) is 0 Å². The van der Waals surface area contributed by atoms with Crippen LogP contribution in [0.3, 0.4) is 0 Å². The number of hydrogen-bond donors (Lipinski definition) is 0. The minimum Gasteiger partial charge on any atom is -0.309 e. The van der Waals surface area contributed by atoms with Gasteiger partial charge in [0.1, 0.15) is 0 Å². The SMILES string of the molecule is c1ccc(-c2cc(-c3ccc(-c4ccc(-n5c6cccc7ccc8cccc5c8c76)cc4)cc3)cc(-c3ccccc3)n2)cc1.c1ccc(-c2cc(-c3ccccc3)nc(-c3ccc(-c4ccc(-n5c6cccc7ccc8cccc5c8c76)cc4)cc3)c2)cc1.c1ccc(-c2cc(-c3ccccc3)nc(-c3ccc(-c4ccc(-n5c6cccc7ccc8cccc5c8c76)cc4)cc3)n2)cc1. The molecule has 27 aromatic rings. The van der Waals surface area contributed by atoms with Crippen molar-refractivity contribution >= 4 is 97.7 Å². The van der Waals surface area contributed by atoms with E-state index in [0.717, 1.165) is 95.5 Å². The van der Waals surface area contributed by atoms with E-state index < -0.39 is 0 Å². The lowest BCUT2D eigenvalue weighted by molar-refractivity contribution is 1.18. The van der Waals surface area contributed by atoms with E-state index in [4.69, 9.17) is 19.9 Å². The van der Waals surface area contributed by atoms with E-state index in [1.54, 1.807) is 0 Å². The lowest BCUT2D eigenvalue weighted by Gasteiger charge is -2.12. The number of rotatable bonds is 15. The Hall–Kier alpha value is -18.0. The van der Waals surface area contributed by atoms with Gasteiger partial charge in [-0.05, 0) is 191 Å². The normalized spacial score (nSPS) is 11.6. The minimum absolute atomic E-state index is 0.717. The van der Waals surface area contributed by atoms with E-state index in [-0.39, 0.29) is 0 Å². The van der Waals surface area contributed by atoms with Crippen molar-refractivity contribution in [3.63, 3.8) is 0 Å². The second kappa shape index (κ2) is 33.8. The standard InChI is InChI=1S/2C43H28N2.C42H27N3/c1-3-9-32(10-4-1)38-27-36(28-39(44-38)33-11-5-2-6-12-33)31-19-17-29(18-20-31)30-23-25-37(26-24-30)45-40-15-7-13-34-21-22-35-14-8-16-41(45)43(35)42(34)40;1-3-9-29(10-4-1)36-27-38(32-11-5-2-6-12-32)44-39(28-36)33-19-17-30(18-20-33)31-23-25-37(26-24-31)45-40-15-7-13-34-21-22-35-14-8-16-41(45)43(35)42(34)40;1-3-9-30(10-4-1)36-27-37(31-11-5-2-6-12-31)44-42(43-36)34-21-17-28(18-22-34)29-23-25-35(26-24-29)45-38-15-7-13-32-19-20-33-14-8-16-39(45)41(33)40(32)38/h2*1-28H;1-27H. The molecule has 0 radical (unpaired) electrons. The minimum atomic E-state index is 0.717. The van der Waals surface area contributed by atoms with Crippen LogP contribution in [0.2, 0.25) is 0 Å². The molecule has 0 spiro atoms. The predicted octanol–water partition coefficient (Wildman–Crippen LogP) is 33.7. The summed E-state index contributed by atoms with van der Waals surface area (Å²) in [7, 11) is 0. The van der Waals surface area contributed by atoms with Crippen molar-refractivity contribution in [2.24, 2.45) is 0 Å². The summed E-state index contributed by atoms with van der Waals surface area (Å²) in [6, 6.07) is 179. The smallest absolute Gasteiger partial charge is 0.160 e. The second-order valence-corrected chi connectivity index (χ2v) is 34.7. The average molecular weight is 1720 g/mol. The molecule has 21 aromatic carbocycles. The first-order chi connectivity index (χ1) is 66.9. The summed E-state index contributed by atoms with van der Waals surface area (Å²) in [5.41, 5.74) is 36.0. The Bertz CT molecular complexity index is 7780. The maximum atomic E-state index is 5.10. The highest BCUT2D eigenvalue weighted by Crippen LogP contribution is 2.45. The maximum absolute atomic E-state index is 5.10. The fourth-order valence-electron chi connectivity index (χ4n) is 20.1. The third-order valence-corrected chi connectivity index (χ3v) is 26.7. The Morgan fingerprint density at radius 2 is 0.296 bits per heavy atom. The highest BCUT2D eigenvalue weighted by Gasteiger charge is 2.23. The van der Waals surface area contributed by atoms with E-state index in [1.165, 1.54) is 148 Å². The largest absolute Gasteiger partial charge is 0.309 e. The highest BCUT2D eigenvalue weighted by atomic mass is 15.0. The molecule has 0 fully saturated rings. The van der Waals surface area contributed by atoms with Crippen molar-refractivity contribution in [2.45, 2.75) is 0 Å². The molecule has 7 heteroatoms. The van der Waals surface area contributed by atoms with Gasteiger partial charge >= 0.3 is 0 Å². The molecule has 0 saturated carbocycles. The predicted molar refractivity (Wildman–Crippen MR) is 565 cm³/mol. The van der Waals surface area contributed by atoms with Crippen molar-refractivity contribution in [1.29, 1.82) is 0 Å². The Labute approximate surface area is 781 Å². The molecule has 0 N–H and O–H groups in total. The van der Waals surface area contributed by atoms with Crippen LogP contribution in [0.5, 0.6) is 0 Å². The van der Waals surface area contributed by atoms with Gasteiger partial charge in [-0.15, -0.1) is 0 Å². The van der Waals surface area contributed by atoms with Gasteiger partial charge in [0.05, 0.1) is 67.3 Å². The van der Waals surface area contributed by atoms with Crippen molar-refractivity contribution in [2.75, 3.05) is 0 Å². The Kier molecular flexibility index (Phi) is 19.8. The zero-order valence-corrected chi connectivity index (χ0v) is 73.6. The molecule has 7 nitrogen and oxygen atoms in total. The van der Waals surface area contributed by atoms with Gasteiger partial charge in [0, 0.05) is 88.3 Å². The molecule has 0 aliphatic rings. The highest BCUT2D eigenvalue weighted by molar-refractivity contribution is 6.26. The zero-order chi connectivity index (χ0) is 89.2. The van der Waals surface area contributed by atoms with Gasteiger partial charge in [0.15, 0.2) is 5.82 Å². The van der Waals surface area contributed by atoms with E-state index in [9.17, 15) is 0 Å². The molecule has 630 valence electrons. The monoisotopic (exact) mass is 1720 g/mol. The summed E-state index contributed by atoms with van der Waals surface area (Å²) in [6.45, 7) is 0. The van der Waals surface area contributed by atoms with Gasteiger partial charge in [-0.1, -0.05) is 400 Å². The van der Waals surface area contributed by atoms with Crippen molar-refractivity contribution in [3.05, 3.63) is 504 Å². The number of aromatic nitrogens is 7. The van der Waals surface area contributed by atoms with Crippen LogP contribution in [0.1, 0.15) is 0 Å². The summed E-state index contributed by atoms with van der Waals surface area (Å²) in [6.07, 6.45) is 0. The van der Waals surface area contributed by atoms with Crippen LogP contribution < -0.4 is 0 Å². The summed E-state index contributed by atoms with van der Waals surface area (Å²) in [4.78, 5) is 20.1. The number of hydrogen-bond acceptors (Lipinski definition) is 4. The molecule has 0 aliphatic heterocycles. The van der Waals surface area contributed by atoms with Crippen molar-refractivity contribution in [1.82, 2.24) is 33.6 Å².